The highest BCUT2D eigenvalue weighted by atomic mass is 32.2. The van der Waals surface area contributed by atoms with Gasteiger partial charge >= 0.3 is 5.97 Å². The molecule has 0 atom stereocenters. The Morgan fingerprint density at radius 2 is 2.45 bits per heavy atom. The van der Waals surface area contributed by atoms with Gasteiger partial charge in [-0.2, -0.15) is 0 Å². The smallest absolute Gasteiger partial charge is 0.337 e. The maximum absolute atomic E-state index is 10.7. The Kier molecular flexibility index (Phi) is 2.76. The summed E-state index contributed by atoms with van der Waals surface area (Å²) >= 11 is 1.62. The Morgan fingerprint density at radius 1 is 1.73 bits per heavy atom. The molecule has 60 valence electrons. The minimum atomic E-state index is -0.256. The fraction of sp³-hybridized carbons (Fsp3) is 0.375. The van der Waals surface area contributed by atoms with Gasteiger partial charge in [-0.1, -0.05) is 6.92 Å². The second-order valence-corrected chi connectivity index (χ2v) is 3.32. The van der Waals surface area contributed by atoms with Crippen molar-refractivity contribution in [3.05, 3.63) is 22.8 Å². The molecule has 0 amide bonds. The maximum atomic E-state index is 10.7. The molecule has 0 saturated heterocycles. The number of cyclic esters (lactones) is 1. The Labute approximate surface area is 70.3 Å². The van der Waals surface area contributed by atoms with Gasteiger partial charge in [0, 0.05) is 6.08 Å². The monoisotopic (exact) mass is 170 g/mol. The number of rotatable bonds is 2. The van der Waals surface area contributed by atoms with Crippen molar-refractivity contribution in [2.24, 2.45) is 0 Å². The van der Waals surface area contributed by atoms with E-state index in [1.54, 1.807) is 17.8 Å². The van der Waals surface area contributed by atoms with E-state index in [0.717, 1.165) is 10.7 Å². The average molecular weight is 170 g/mol. The van der Waals surface area contributed by atoms with Crippen LogP contribution in [0.4, 0.5) is 0 Å². The molecule has 2 nitrogen and oxygen atoms in total. The summed E-state index contributed by atoms with van der Waals surface area (Å²) in [7, 11) is 0. The predicted molar refractivity (Wildman–Crippen MR) is 46.1 cm³/mol. The highest BCUT2D eigenvalue weighted by Crippen LogP contribution is 2.29. The van der Waals surface area contributed by atoms with Crippen LogP contribution < -0.4 is 0 Å². The van der Waals surface area contributed by atoms with Crippen LogP contribution in [0.25, 0.3) is 0 Å². The molecule has 0 radical (unpaired) electrons. The summed E-state index contributed by atoms with van der Waals surface area (Å²) in [4.78, 5) is 11.7. The molecule has 0 fully saturated rings. The standard InChI is InChI=1S/C8H10O2S/c1-3-6-7(11-4-2)5-8(9)10-6/h3,5H,4H2,1-2H3/b6-3-. The van der Waals surface area contributed by atoms with Crippen molar-refractivity contribution in [3.8, 4) is 0 Å². The first-order chi connectivity index (χ1) is 5.27. The van der Waals surface area contributed by atoms with Crippen molar-refractivity contribution in [2.45, 2.75) is 13.8 Å². The SMILES string of the molecule is C/C=C1\OC(=O)C=C1SCC. The van der Waals surface area contributed by atoms with E-state index in [1.807, 2.05) is 13.8 Å². The summed E-state index contributed by atoms with van der Waals surface area (Å²) in [5.41, 5.74) is 0. The molecule has 0 saturated carbocycles. The third kappa shape index (κ3) is 1.87. The summed E-state index contributed by atoms with van der Waals surface area (Å²) < 4.78 is 4.88. The zero-order chi connectivity index (χ0) is 8.27. The van der Waals surface area contributed by atoms with Crippen LogP contribution in [-0.2, 0) is 9.53 Å². The number of allylic oxidation sites excluding steroid dienone is 1. The van der Waals surface area contributed by atoms with E-state index in [4.69, 9.17) is 4.74 Å². The lowest BCUT2D eigenvalue weighted by Crippen LogP contribution is -1.89. The second kappa shape index (κ2) is 3.62. The molecule has 0 aromatic rings. The van der Waals surface area contributed by atoms with Crippen LogP contribution in [0.3, 0.4) is 0 Å². The van der Waals surface area contributed by atoms with Gasteiger partial charge in [0.15, 0.2) is 0 Å². The third-order valence-corrected chi connectivity index (χ3v) is 2.18. The lowest BCUT2D eigenvalue weighted by molar-refractivity contribution is -0.132. The Bertz CT molecular complexity index is 228. The van der Waals surface area contributed by atoms with Gasteiger partial charge in [-0.15, -0.1) is 11.8 Å². The van der Waals surface area contributed by atoms with Crippen LogP contribution in [0.15, 0.2) is 22.8 Å². The van der Waals surface area contributed by atoms with E-state index in [-0.39, 0.29) is 5.97 Å². The predicted octanol–water partition coefficient (Wildman–Crippen LogP) is 2.08. The van der Waals surface area contributed by atoms with E-state index >= 15 is 0 Å². The zero-order valence-electron chi connectivity index (χ0n) is 6.59. The van der Waals surface area contributed by atoms with Crippen LogP contribution in [0.1, 0.15) is 13.8 Å². The zero-order valence-corrected chi connectivity index (χ0v) is 7.40. The molecule has 3 heteroatoms. The fourth-order valence-electron chi connectivity index (χ4n) is 0.836. The molecule has 0 aromatic carbocycles. The summed E-state index contributed by atoms with van der Waals surface area (Å²) in [5.74, 6) is 1.40. The largest absolute Gasteiger partial charge is 0.422 e. The summed E-state index contributed by atoms with van der Waals surface area (Å²) in [5, 5.41) is 0. The first kappa shape index (κ1) is 8.40. The van der Waals surface area contributed by atoms with Crippen LogP contribution in [0.2, 0.25) is 0 Å². The van der Waals surface area contributed by atoms with Crippen LogP contribution >= 0.6 is 11.8 Å². The first-order valence-corrected chi connectivity index (χ1v) is 4.49. The molecular formula is C8H10O2S. The number of thioether (sulfide) groups is 1. The van der Waals surface area contributed by atoms with Gasteiger partial charge in [0.25, 0.3) is 0 Å². The van der Waals surface area contributed by atoms with Gasteiger partial charge in [0.1, 0.15) is 5.76 Å². The topological polar surface area (TPSA) is 26.3 Å². The van der Waals surface area contributed by atoms with Gasteiger partial charge in [0.2, 0.25) is 0 Å². The van der Waals surface area contributed by atoms with E-state index in [0.29, 0.717) is 5.76 Å². The Balaban J connectivity index is 2.74. The molecule has 0 aliphatic carbocycles. The number of carbonyl (C=O) groups excluding carboxylic acids is 1. The molecule has 0 bridgehead atoms. The van der Waals surface area contributed by atoms with Crippen LogP contribution in [0.5, 0.6) is 0 Å². The van der Waals surface area contributed by atoms with Crippen molar-refractivity contribution in [2.75, 3.05) is 5.75 Å². The molecule has 0 aromatic heterocycles. The first-order valence-electron chi connectivity index (χ1n) is 3.51. The number of carbonyl (C=O) groups is 1. The van der Waals surface area contributed by atoms with Crippen molar-refractivity contribution < 1.29 is 9.53 Å². The highest BCUT2D eigenvalue weighted by Gasteiger charge is 2.18. The molecule has 0 N–H and O–H groups in total. The molecule has 0 unspecified atom stereocenters. The van der Waals surface area contributed by atoms with Gasteiger partial charge in [-0.3, -0.25) is 0 Å². The molecular weight excluding hydrogens is 160 g/mol. The summed E-state index contributed by atoms with van der Waals surface area (Å²) in [6, 6.07) is 0. The van der Waals surface area contributed by atoms with Crippen LogP contribution in [-0.4, -0.2) is 11.7 Å². The van der Waals surface area contributed by atoms with Gasteiger partial charge in [0.05, 0.1) is 4.91 Å². The van der Waals surface area contributed by atoms with E-state index in [9.17, 15) is 4.79 Å². The molecule has 1 aliphatic rings. The average Bonchev–Trinajstić information content (AvgIpc) is 2.32. The molecule has 1 heterocycles. The van der Waals surface area contributed by atoms with Crippen molar-refractivity contribution in [3.63, 3.8) is 0 Å². The lowest BCUT2D eigenvalue weighted by Gasteiger charge is -1.99. The minimum Gasteiger partial charge on any atom is -0.422 e. The second-order valence-electron chi connectivity index (χ2n) is 2.02. The summed E-state index contributed by atoms with van der Waals surface area (Å²) in [6.45, 7) is 3.90. The van der Waals surface area contributed by atoms with Crippen molar-refractivity contribution in [1.82, 2.24) is 0 Å². The van der Waals surface area contributed by atoms with Gasteiger partial charge < -0.3 is 4.74 Å². The number of hydrogen-bond donors (Lipinski definition) is 0. The number of esters is 1. The number of hydrogen-bond acceptors (Lipinski definition) is 3. The van der Waals surface area contributed by atoms with Crippen molar-refractivity contribution in [1.29, 1.82) is 0 Å². The molecule has 0 spiro atoms. The van der Waals surface area contributed by atoms with Crippen LogP contribution in [0, 0.1) is 0 Å². The summed E-state index contributed by atoms with van der Waals surface area (Å²) in [6.07, 6.45) is 3.34. The van der Waals surface area contributed by atoms with Crippen molar-refractivity contribution >= 4 is 17.7 Å². The Hall–Kier alpha value is -0.700. The Morgan fingerprint density at radius 3 is 3.00 bits per heavy atom. The van der Waals surface area contributed by atoms with E-state index in [2.05, 4.69) is 0 Å². The molecule has 1 aliphatic heterocycles. The maximum Gasteiger partial charge on any atom is 0.337 e. The highest BCUT2D eigenvalue weighted by molar-refractivity contribution is 8.03. The van der Waals surface area contributed by atoms with Gasteiger partial charge in [-0.05, 0) is 18.8 Å². The molecule has 1 rings (SSSR count). The third-order valence-electron chi connectivity index (χ3n) is 1.26. The van der Waals surface area contributed by atoms with E-state index in [1.165, 1.54) is 6.08 Å². The fourth-order valence-corrected chi connectivity index (χ4v) is 1.63. The number of ether oxygens (including phenoxy) is 1. The minimum absolute atomic E-state index is 0.256. The normalized spacial score (nSPS) is 20.4. The van der Waals surface area contributed by atoms with Gasteiger partial charge in [-0.25, -0.2) is 4.79 Å². The van der Waals surface area contributed by atoms with E-state index < -0.39 is 0 Å². The molecule has 11 heavy (non-hydrogen) atoms. The lowest BCUT2D eigenvalue weighted by atomic mass is 10.4. The quantitative estimate of drug-likeness (QED) is 0.593.